The van der Waals surface area contributed by atoms with E-state index in [1.165, 1.54) is 28.4 Å². The quantitative estimate of drug-likeness (QED) is 0.198. The number of ether oxygens (including phenoxy) is 10. The van der Waals surface area contributed by atoms with Crippen molar-refractivity contribution in [1.82, 2.24) is 0 Å². The predicted octanol–water partition coefficient (Wildman–Crippen LogP) is 4.93. The molecule has 0 aliphatic heterocycles. The summed E-state index contributed by atoms with van der Waals surface area (Å²) in [6, 6.07) is 14.3. The van der Waals surface area contributed by atoms with Crippen LogP contribution in [-0.4, -0.2) is 75.6 Å². The molecule has 230 valence electrons. The number of hydrogen-bond donors (Lipinski definition) is 0. The summed E-state index contributed by atoms with van der Waals surface area (Å²) in [5, 5.41) is 0. The van der Waals surface area contributed by atoms with E-state index in [2.05, 4.69) is 0 Å². The molecule has 3 aromatic rings. The Balaban J connectivity index is 2.02. The fraction of sp³-hybridized carbons (Fsp3) is 0.344. The Morgan fingerprint density at radius 2 is 1.12 bits per heavy atom. The molecule has 11 heteroatoms. The number of benzene rings is 3. The van der Waals surface area contributed by atoms with Crippen LogP contribution in [0.4, 0.5) is 0 Å². The summed E-state index contributed by atoms with van der Waals surface area (Å²) in [6.45, 7) is 0.289. The maximum Gasteiger partial charge on any atom is 0.195 e. The van der Waals surface area contributed by atoms with Crippen molar-refractivity contribution >= 4 is 16.9 Å². The van der Waals surface area contributed by atoms with E-state index in [1.807, 2.05) is 18.2 Å². The summed E-state index contributed by atoms with van der Waals surface area (Å²) < 4.78 is 54.8. The Hall–Kier alpha value is -4.13. The van der Waals surface area contributed by atoms with Crippen molar-refractivity contribution in [3.63, 3.8) is 0 Å². The van der Waals surface area contributed by atoms with Crippen LogP contribution >= 0.6 is 0 Å². The highest BCUT2D eigenvalue weighted by molar-refractivity contribution is 6.42. The summed E-state index contributed by atoms with van der Waals surface area (Å²) in [7, 11) is 9.28. The molecule has 0 radical (unpaired) electrons. The molecule has 0 saturated carbocycles. The van der Waals surface area contributed by atoms with E-state index in [4.69, 9.17) is 47.4 Å². The van der Waals surface area contributed by atoms with Crippen molar-refractivity contribution in [3.8, 4) is 28.7 Å². The van der Waals surface area contributed by atoms with Gasteiger partial charge in [-0.05, 0) is 35.4 Å². The van der Waals surface area contributed by atoms with Crippen LogP contribution in [0.3, 0.4) is 0 Å². The minimum Gasteiger partial charge on any atom is -0.496 e. The van der Waals surface area contributed by atoms with Crippen molar-refractivity contribution in [3.05, 3.63) is 76.3 Å². The third-order valence-electron chi connectivity index (χ3n) is 6.45. The first-order valence-electron chi connectivity index (χ1n) is 13.3. The average molecular weight is 597 g/mol. The van der Waals surface area contributed by atoms with Gasteiger partial charge in [0.25, 0.3) is 0 Å². The van der Waals surface area contributed by atoms with Crippen LogP contribution in [0, 0.1) is 0 Å². The number of allylic oxidation sites excluding steroid dienone is 1. The van der Waals surface area contributed by atoms with Gasteiger partial charge in [-0.2, -0.15) is 0 Å². The molecule has 3 aromatic carbocycles. The molecule has 0 saturated heterocycles. The first-order valence-corrected chi connectivity index (χ1v) is 13.3. The standard InChI is InChI=1S/C32H36O11/c1-34-15-21-8-7-20(11-27(21)39-6)29-30(22-9-23(40-16-35-2)12-24(10-22)41-17-36-3)32(33)26-13-25(42-18-37-4)14-28(31(26)29)43-19-38-5/h7-14H,15-19H2,1-6H3. The fourth-order valence-electron chi connectivity index (χ4n) is 4.72. The number of ketones is 1. The maximum absolute atomic E-state index is 14.4. The molecule has 0 N–H and O–H groups in total. The Morgan fingerprint density at radius 1 is 0.535 bits per heavy atom. The smallest absolute Gasteiger partial charge is 0.195 e. The molecular formula is C32H36O11. The van der Waals surface area contributed by atoms with E-state index in [-0.39, 0.29) is 33.0 Å². The second-order valence-corrected chi connectivity index (χ2v) is 9.28. The number of carbonyl (C=O) groups excluding carboxylic acids is 1. The van der Waals surface area contributed by atoms with Gasteiger partial charge in [0.1, 0.15) is 28.7 Å². The van der Waals surface area contributed by atoms with Crippen LogP contribution in [0.1, 0.15) is 32.6 Å². The largest absolute Gasteiger partial charge is 0.496 e. The van der Waals surface area contributed by atoms with Crippen LogP contribution < -0.4 is 23.7 Å². The van der Waals surface area contributed by atoms with E-state index < -0.39 is 0 Å². The molecule has 1 aliphatic carbocycles. The molecule has 0 heterocycles. The van der Waals surface area contributed by atoms with Gasteiger partial charge in [-0.25, -0.2) is 0 Å². The molecule has 43 heavy (non-hydrogen) atoms. The molecule has 1 aliphatic rings. The average Bonchev–Trinajstić information content (AvgIpc) is 3.32. The lowest BCUT2D eigenvalue weighted by Gasteiger charge is -2.17. The van der Waals surface area contributed by atoms with E-state index in [1.54, 1.807) is 44.6 Å². The molecule has 0 bridgehead atoms. The zero-order valence-corrected chi connectivity index (χ0v) is 25.1. The summed E-state index contributed by atoms with van der Waals surface area (Å²) in [5.74, 6) is 2.02. The van der Waals surface area contributed by atoms with Gasteiger partial charge in [0.05, 0.1) is 13.7 Å². The number of fused-ring (bicyclic) bond motifs is 1. The van der Waals surface area contributed by atoms with Crippen LogP contribution in [-0.2, 0) is 30.3 Å². The molecule has 0 unspecified atom stereocenters. The zero-order chi connectivity index (χ0) is 30.8. The van der Waals surface area contributed by atoms with E-state index in [0.29, 0.717) is 68.8 Å². The third-order valence-corrected chi connectivity index (χ3v) is 6.45. The van der Waals surface area contributed by atoms with E-state index in [0.717, 1.165) is 5.56 Å². The SMILES string of the molecule is COCOc1cc(OCOC)cc(C2=C(c3ccc(COC)c(OC)c3)c3c(OCOC)cc(OCOC)cc3C2=O)c1. The fourth-order valence-corrected chi connectivity index (χ4v) is 4.72. The van der Waals surface area contributed by atoms with Gasteiger partial charge in [0.2, 0.25) is 0 Å². The van der Waals surface area contributed by atoms with Crippen LogP contribution in [0.25, 0.3) is 11.1 Å². The van der Waals surface area contributed by atoms with Gasteiger partial charge < -0.3 is 47.4 Å². The lowest BCUT2D eigenvalue weighted by atomic mass is 9.92. The van der Waals surface area contributed by atoms with Crippen molar-refractivity contribution in [2.45, 2.75) is 6.61 Å². The lowest BCUT2D eigenvalue weighted by molar-refractivity contribution is 0.0455. The summed E-state index contributed by atoms with van der Waals surface area (Å²) >= 11 is 0. The second-order valence-electron chi connectivity index (χ2n) is 9.28. The highest BCUT2D eigenvalue weighted by atomic mass is 16.7. The number of carbonyl (C=O) groups is 1. The summed E-state index contributed by atoms with van der Waals surface area (Å²) in [6.07, 6.45) is 0. The van der Waals surface area contributed by atoms with E-state index in [9.17, 15) is 4.79 Å². The molecule has 0 atom stereocenters. The number of rotatable bonds is 17. The molecule has 0 amide bonds. The number of methoxy groups -OCH3 is 6. The highest BCUT2D eigenvalue weighted by Gasteiger charge is 2.36. The minimum absolute atomic E-state index is 0.000608. The Morgan fingerprint density at radius 3 is 1.67 bits per heavy atom. The second kappa shape index (κ2) is 15.4. The molecule has 0 fully saturated rings. The molecule has 4 rings (SSSR count). The van der Waals surface area contributed by atoms with Crippen LogP contribution in [0.2, 0.25) is 0 Å². The third kappa shape index (κ3) is 7.27. The van der Waals surface area contributed by atoms with Crippen molar-refractivity contribution in [1.29, 1.82) is 0 Å². The van der Waals surface area contributed by atoms with E-state index >= 15 is 0 Å². The lowest BCUT2D eigenvalue weighted by Crippen LogP contribution is -2.06. The Kier molecular flexibility index (Phi) is 11.4. The highest BCUT2D eigenvalue weighted by Crippen LogP contribution is 2.49. The van der Waals surface area contributed by atoms with Gasteiger partial charge >= 0.3 is 0 Å². The molecular weight excluding hydrogens is 560 g/mol. The van der Waals surface area contributed by atoms with Crippen LogP contribution in [0.15, 0.2) is 48.5 Å². The van der Waals surface area contributed by atoms with Gasteiger partial charge in [0.15, 0.2) is 33.0 Å². The van der Waals surface area contributed by atoms with Gasteiger partial charge in [0, 0.05) is 75.5 Å². The monoisotopic (exact) mass is 596 g/mol. The van der Waals surface area contributed by atoms with Crippen LogP contribution in [0.5, 0.6) is 28.7 Å². The maximum atomic E-state index is 14.4. The molecule has 0 spiro atoms. The minimum atomic E-state index is -0.253. The van der Waals surface area contributed by atoms with Gasteiger partial charge in [-0.1, -0.05) is 12.1 Å². The summed E-state index contributed by atoms with van der Waals surface area (Å²) in [5.41, 5.74) is 4.09. The van der Waals surface area contributed by atoms with Gasteiger partial charge in [-0.3, -0.25) is 4.79 Å². The molecule has 0 aromatic heterocycles. The Bertz CT molecular complexity index is 1420. The first kappa shape index (κ1) is 31.8. The topological polar surface area (TPSA) is 109 Å². The van der Waals surface area contributed by atoms with Crippen molar-refractivity contribution in [2.24, 2.45) is 0 Å². The number of Topliss-reactive ketones (excluding diaryl/α,β-unsaturated/α-hetero) is 1. The Labute approximate surface area is 250 Å². The van der Waals surface area contributed by atoms with Crippen molar-refractivity contribution < 1.29 is 52.2 Å². The first-order chi connectivity index (χ1) is 21.0. The normalized spacial score (nSPS) is 12.4. The van der Waals surface area contributed by atoms with Crippen molar-refractivity contribution in [2.75, 3.05) is 69.8 Å². The summed E-state index contributed by atoms with van der Waals surface area (Å²) in [4.78, 5) is 14.4. The zero-order valence-electron chi connectivity index (χ0n) is 25.1. The predicted molar refractivity (Wildman–Crippen MR) is 157 cm³/mol. The number of hydrogen-bond acceptors (Lipinski definition) is 11. The molecule has 11 nitrogen and oxygen atoms in total. The van der Waals surface area contributed by atoms with Gasteiger partial charge in [-0.15, -0.1) is 0 Å².